The van der Waals surface area contributed by atoms with Crippen LogP contribution in [0.3, 0.4) is 0 Å². The normalized spacial score (nSPS) is 52.2. The number of hydrogen-bond donors (Lipinski definition) is 1. The summed E-state index contributed by atoms with van der Waals surface area (Å²) in [6.07, 6.45) is 5.31. The van der Waals surface area contributed by atoms with Crippen LogP contribution >= 0.6 is 0 Å². The summed E-state index contributed by atoms with van der Waals surface area (Å²) in [5.74, 6) is 1.71. The van der Waals surface area contributed by atoms with Gasteiger partial charge in [0.15, 0.2) is 0 Å². The minimum absolute atomic E-state index is 0.0428. The van der Waals surface area contributed by atoms with Crippen molar-refractivity contribution in [1.82, 2.24) is 0 Å². The number of nitrogens with two attached hydrogens (primary N) is 1. The second-order valence-corrected chi connectivity index (χ2v) is 3.94. The van der Waals surface area contributed by atoms with Crippen molar-refractivity contribution in [3.05, 3.63) is 6.92 Å². The van der Waals surface area contributed by atoms with E-state index in [0.29, 0.717) is 6.54 Å². The van der Waals surface area contributed by atoms with Crippen molar-refractivity contribution in [2.24, 2.45) is 23.0 Å². The minimum Gasteiger partial charge on any atom is -0.330 e. The van der Waals surface area contributed by atoms with E-state index in [1.807, 2.05) is 0 Å². The maximum Gasteiger partial charge on any atom is -0.00148 e. The van der Waals surface area contributed by atoms with Crippen LogP contribution in [0.4, 0.5) is 0 Å². The Hall–Kier alpha value is -0.0400. The lowest BCUT2D eigenvalue weighted by molar-refractivity contribution is 0.0311. The Labute approximate surface area is 63.0 Å². The SMILES string of the molecule is [CH][C@@]1(CN)C[C@@H]2CCC[C@@H]21. The molecule has 2 fully saturated rings. The molecule has 0 aromatic heterocycles. The lowest BCUT2D eigenvalue weighted by Crippen LogP contribution is -2.48. The largest absolute Gasteiger partial charge is 0.330 e. The van der Waals surface area contributed by atoms with E-state index >= 15 is 0 Å². The van der Waals surface area contributed by atoms with E-state index in [9.17, 15) is 0 Å². The third kappa shape index (κ3) is 0.672. The van der Waals surface area contributed by atoms with E-state index in [2.05, 4.69) is 0 Å². The molecule has 2 saturated carbocycles. The molecule has 0 aromatic carbocycles. The molecule has 2 N–H and O–H groups in total. The van der Waals surface area contributed by atoms with Crippen LogP contribution in [-0.2, 0) is 0 Å². The third-order valence-electron chi connectivity index (χ3n) is 3.42. The smallest absolute Gasteiger partial charge is 0.00148 e. The molecule has 3 atom stereocenters. The van der Waals surface area contributed by atoms with Crippen LogP contribution in [0.5, 0.6) is 0 Å². The molecule has 2 aliphatic rings. The van der Waals surface area contributed by atoms with Crippen LogP contribution in [0.2, 0.25) is 0 Å². The predicted octanol–water partition coefficient (Wildman–Crippen LogP) is 1.46. The Bertz CT molecular complexity index is 144. The average Bonchev–Trinajstić information content (AvgIpc) is 2.30. The number of rotatable bonds is 1. The molecule has 0 heterocycles. The van der Waals surface area contributed by atoms with E-state index in [-0.39, 0.29) is 5.41 Å². The summed E-state index contributed by atoms with van der Waals surface area (Å²) in [6.45, 7) is 6.75. The zero-order chi connectivity index (χ0) is 7.19. The maximum atomic E-state index is 6.06. The molecular weight excluding hydrogens is 122 g/mol. The molecule has 0 amide bonds. The van der Waals surface area contributed by atoms with Gasteiger partial charge in [0.25, 0.3) is 0 Å². The average molecular weight is 137 g/mol. The molecule has 56 valence electrons. The Kier molecular flexibility index (Phi) is 1.31. The first-order valence-corrected chi connectivity index (χ1v) is 4.25. The van der Waals surface area contributed by atoms with Crippen LogP contribution in [0.25, 0.3) is 0 Å². The number of hydrogen-bond acceptors (Lipinski definition) is 1. The summed E-state index contributed by atoms with van der Waals surface area (Å²) >= 11 is 0. The highest BCUT2D eigenvalue weighted by molar-refractivity contribution is 5.05. The fraction of sp³-hybridized carbons (Fsp3) is 0.889. The van der Waals surface area contributed by atoms with Gasteiger partial charge in [-0.1, -0.05) is 12.8 Å². The fourth-order valence-electron chi connectivity index (χ4n) is 2.75. The first kappa shape index (κ1) is 6.66. The number of fused-ring (bicyclic) bond motifs is 1. The second kappa shape index (κ2) is 1.97. The van der Waals surface area contributed by atoms with Crippen molar-refractivity contribution >= 4 is 0 Å². The molecule has 1 nitrogen and oxygen atoms in total. The highest BCUT2D eigenvalue weighted by atomic mass is 14.7. The van der Waals surface area contributed by atoms with Gasteiger partial charge < -0.3 is 5.73 Å². The van der Waals surface area contributed by atoms with Crippen LogP contribution in [0.1, 0.15) is 25.7 Å². The molecular formula is C9H15N. The van der Waals surface area contributed by atoms with Gasteiger partial charge in [-0.25, -0.2) is 0 Å². The standard InChI is InChI=1S/C9H15N/c1-9(6-10)5-7-3-2-4-8(7)9/h1,7-8H,2-6,10H2/t7-,8-,9-/m0/s1. The predicted molar refractivity (Wildman–Crippen MR) is 41.2 cm³/mol. The van der Waals surface area contributed by atoms with Crippen molar-refractivity contribution in [3.63, 3.8) is 0 Å². The Morgan fingerprint density at radius 2 is 2.30 bits per heavy atom. The molecule has 2 radical (unpaired) electrons. The van der Waals surface area contributed by atoms with Gasteiger partial charge in [0, 0.05) is 0 Å². The highest BCUT2D eigenvalue weighted by Gasteiger charge is 2.51. The topological polar surface area (TPSA) is 26.0 Å². The first-order chi connectivity index (χ1) is 4.76. The summed E-state index contributed by atoms with van der Waals surface area (Å²) in [7, 11) is 0. The lowest BCUT2D eigenvalue weighted by atomic mass is 9.56. The van der Waals surface area contributed by atoms with E-state index in [4.69, 9.17) is 12.7 Å². The molecule has 0 saturated heterocycles. The monoisotopic (exact) mass is 137 g/mol. The van der Waals surface area contributed by atoms with E-state index in [1.54, 1.807) is 0 Å². The summed E-state index contributed by atoms with van der Waals surface area (Å²) in [6, 6.07) is 0. The fourth-order valence-corrected chi connectivity index (χ4v) is 2.75. The highest BCUT2D eigenvalue weighted by Crippen LogP contribution is 2.57. The van der Waals surface area contributed by atoms with Crippen LogP contribution in [0.15, 0.2) is 0 Å². The summed E-state index contributed by atoms with van der Waals surface area (Å²) in [5, 5.41) is 0. The van der Waals surface area contributed by atoms with Crippen LogP contribution in [0, 0.1) is 24.2 Å². The van der Waals surface area contributed by atoms with Gasteiger partial charge >= 0.3 is 0 Å². The molecule has 2 aliphatic carbocycles. The van der Waals surface area contributed by atoms with Gasteiger partial charge in [-0.3, -0.25) is 0 Å². The van der Waals surface area contributed by atoms with Crippen molar-refractivity contribution in [2.75, 3.05) is 6.54 Å². The molecule has 0 spiro atoms. The van der Waals surface area contributed by atoms with Gasteiger partial charge in [0.05, 0.1) is 0 Å². The zero-order valence-corrected chi connectivity index (χ0v) is 6.34. The quantitative estimate of drug-likeness (QED) is 0.581. The summed E-state index contributed by atoms with van der Waals surface area (Å²) < 4.78 is 0. The molecule has 0 aromatic rings. The van der Waals surface area contributed by atoms with Crippen LogP contribution in [-0.4, -0.2) is 6.54 Å². The Morgan fingerprint density at radius 1 is 1.50 bits per heavy atom. The second-order valence-electron chi connectivity index (χ2n) is 3.94. The summed E-state index contributed by atoms with van der Waals surface area (Å²) in [5.41, 5.74) is 5.64. The van der Waals surface area contributed by atoms with Gasteiger partial charge in [-0.05, 0) is 43.6 Å². The minimum atomic E-state index is 0.0428. The Balaban J connectivity index is 2.05. The summed E-state index contributed by atoms with van der Waals surface area (Å²) in [4.78, 5) is 0. The molecule has 0 bridgehead atoms. The van der Waals surface area contributed by atoms with Crippen molar-refractivity contribution < 1.29 is 0 Å². The third-order valence-corrected chi connectivity index (χ3v) is 3.42. The molecule has 0 aliphatic heterocycles. The van der Waals surface area contributed by atoms with Crippen molar-refractivity contribution in [1.29, 1.82) is 0 Å². The van der Waals surface area contributed by atoms with E-state index in [0.717, 1.165) is 11.8 Å². The Morgan fingerprint density at radius 3 is 2.90 bits per heavy atom. The lowest BCUT2D eigenvalue weighted by Gasteiger charge is -2.49. The van der Waals surface area contributed by atoms with Gasteiger partial charge in [0.1, 0.15) is 0 Å². The van der Waals surface area contributed by atoms with Gasteiger partial charge in [0.2, 0.25) is 0 Å². The molecule has 0 unspecified atom stereocenters. The molecule has 1 heteroatoms. The van der Waals surface area contributed by atoms with Crippen molar-refractivity contribution in [2.45, 2.75) is 25.7 Å². The first-order valence-electron chi connectivity index (χ1n) is 4.25. The zero-order valence-electron chi connectivity index (χ0n) is 6.34. The maximum absolute atomic E-state index is 6.06. The van der Waals surface area contributed by atoms with Crippen LogP contribution < -0.4 is 5.73 Å². The van der Waals surface area contributed by atoms with Gasteiger partial charge in [-0.2, -0.15) is 0 Å². The van der Waals surface area contributed by atoms with E-state index in [1.165, 1.54) is 25.7 Å². The molecule has 2 rings (SSSR count). The molecule has 10 heavy (non-hydrogen) atoms. The van der Waals surface area contributed by atoms with Gasteiger partial charge in [-0.15, -0.1) is 0 Å². The van der Waals surface area contributed by atoms with E-state index < -0.39 is 0 Å². The van der Waals surface area contributed by atoms with Crippen molar-refractivity contribution in [3.8, 4) is 0 Å².